The molecule has 2 aromatic carbocycles. The van der Waals surface area contributed by atoms with E-state index in [0.717, 1.165) is 57.4 Å². The number of benzene rings is 2. The first-order valence-electron chi connectivity index (χ1n) is 12.3. The van der Waals surface area contributed by atoms with Crippen LogP contribution in [0.1, 0.15) is 80.4 Å². The van der Waals surface area contributed by atoms with Gasteiger partial charge < -0.3 is 19.7 Å². The molecule has 0 aliphatic carbocycles. The van der Waals surface area contributed by atoms with E-state index < -0.39 is 0 Å². The molecule has 4 aromatic rings. The molecule has 2 N–H and O–H groups in total. The van der Waals surface area contributed by atoms with E-state index in [1.165, 1.54) is 70.2 Å². The van der Waals surface area contributed by atoms with E-state index in [2.05, 4.69) is 12.1 Å². The van der Waals surface area contributed by atoms with Gasteiger partial charge in [0.15, 0.2) is 0 Å². The van der Waals surface area contributed by atoms with Crippen LogP contribution >= 0.6 is 0 Å². The van der Waals surface area contributed by atoms with Crippen LogP contribution in [-0.2, 0) is 12.8 Å². The summed E-state index contributed by atoms with van der Waals surface area (Å²) < 4.78 is 11.8. The SMILES string of the molecule is N=Cc1ccc2oc(CCCCCCCCCCCc3cc4cc(C=N)ccc4o3)cc2c1. The third kappa shape index (κ3) is 6.44. The number of furan rings is 2. The molecule has 4 nitrogen and oxygen atoms in total. The van der Waals surface area contributed by atoms with E-state index in [-0.39, 0.29) is 0 Å². The Hall–Kier alpha value is -3.14. The minimum Gasteiger partial charge on any atom is -0.461 e. The number of unbranched alkanes of at least 4 members (excludes halogenated alkanes) is 8. The molecule has 0 bridgehead atoms. The summed E-state index contributed by atoms with van der Waals surface area (Å²) in [5.74, 6) is 2.12. The molecule has 0 spiro atoms. The van der Waals surface area contributed by atoms with E-state index in [1.807, 2.05) is 36.4 Å². The molecule has 4 rings (SSSR count). The minimum atomic E-state index is 0.919. The van der Waals surface area contributed by atoms with Crippen molar-refractivity contribution in [2.45, 2.75) is 70.6 Å². The molecule has 2 heterocycles. The summed E-state index contributed by atoms with van der Waals surface area (Å²) in [5, 5.41) is 16.9. The first kappa shape index (κ1) is 23.0. The van der Waals surface area contributed by atoms with Crippen LogP contribution in [0.3, 0.4) is 0 Å². The fourth-order valence-electron chi connectivity index (χ4n) is 4.50. The maximum Gasteiger partial charge on any atom is 0.134 e. The minimum absolute atomic E-state index is 0.919. The van der Waals surface area contributed by atoms with Gasteiger partial charge >= 0.3 is 0 Å². The van der Waals surface area contributed by atoms with Crippen LogP contribution in [0, 0.1) is 10.8 Å². The summed E-state index contributed by atoms with van der Waals surface area (Å²) in [6.45, 7) is 0. The van der Waals surface area contributed by atoms with Gasteiger partial charge in [-0.05, 0) is 72.5 Å². The molecule has 0 saturated carbocycles. The second kappa shape index (κ2) is 11.6. The molecule has 2 aromatic heterocycles. The van der Waals surface area contributed by atoms with Gasteiger partial charge in [0.25, 0.3) is 0 Å². The maximum atomic E-state index is 7.37. The average Bonchev–Trinajstić information content (AvgIpc) is 3.44. The van der Waals surface area contributed by atoms with Crippen LogP contribution in [0.25, 0.3) is 21.9 Å². The molecule has 0 fully saturated rings. The molecule has 0 aliphatic heterocycles. The van der Waals surface area contributed by atoms with Crippen molar-refractivity contribution in [2.24, 2.45) is 0 Å². The topological polar surface area (TPSA) is 74.0 Å². The van der Waals surface area contributed by atoms with Crippen LogP contribution < -0.4 is 0 Å². The van der Waals surface area contributed by atoms with Crippen molar-refractivity contribution >= 4 is 34.4 Å². The van der Waals surface area contributed by atoms with Crippen molar-refractivity contribution < 1.29 is 8.83 Å². The Kier molecular flexibility index (Phi) is 8.13. The van der Waals surface area contributed by atoms with Gasteiger partial charge in [-0.25, -0.2) is 0 Å². The summed E-state index contributed by atoms with van der Waals surface area (Å²) in [6.07, 6.45) is 16.2. The molecule has 0 aliphatic rings. The molecule has 0 saturated heterocycles. The third-order valence-electron chi connectivity index (χ3n) is 6.36. The highest BCUT2D eigenvalue weighted by atomic mass is 16.3. The van der Waals surface area contributed by atoms with Gasteiger partial charge in [-0.3, -0.25) is 0 Å². The summed E-state index contributed by atoms with van der Waals surface area (Å²) in [6, 6.07) is 16.1. The Morgan fingerprint density at radius 2 is 0.909 bits per heavy atom. The summed E-state index contributed by atoms with van der Waals surface area (Å²) in [5.41, 5.74) is 3.69. The number of aryl methyl sites for hydroxylation is 2. The second-order valence-corrected chi connectivity index (χ2v) is 8.99. The van der Waals surface area contributed by atoms with Crippen LogP contribution in [0.2, 0.25) is 0 Å². The van der Waals surface area contributed by atoms with E-state index in [4.69, 9.17) is 19.7 Å². The zero-order chi connectivity index (χ0) is 22.9. The number of rotatable bonds is 14. The van der Waals surface area contributed by atoms with Crippen LogP contribution in [0.4, 0.5) is 0 Å². The van der Waals surface area contributed by atoms with Crippen molar-refractivity contribution in [3.8, 4) is 0 Å². The quantitative estimate of drug-likeness (QED) is 0.152. The average molecular weight is 443 g/mol. The van der Waals surface area contributed by atoms with Gasteiger partial charge in [0.1, 0.15) is 22.7 Å². The lowest BCUT2D eigenvalue weighted by Gasteiger charge is -2.02. The molecule has 0 radical (unpaired) electrons. The predicted molar refractivity (Wildman–Crippen MR) is 137 cm³/mol. The molecular formula is C29H34N2O2. The second-order valence-electron chi connectivity index (χ2n) is 8.99. The lowest BCUT2D eigenvalue weighted by molar-refractivity contribution is 0.508. The molecule has 0 atom stereocenters. The zero-order valence-corrected chi connectivity index (χ0v) is 19.4. The number of fused-ring (bicyclic) bond motifs is 2. The first-order chi connectivity index (χ1) is 16.2. The van der Waals surface area contributed by atoms with Gasteiger partial charge in [0.2, 0.25) is 0 Å². The monoisotopic (exact) mass is 442 g/mol. The first-order valence-corrected chi connectivity index (χ1v) is 12.3. The molecule has 172 valence electrons. The van der Waals surface area contributed by atoms with Gasteiger partial charge in [0, 0.05) is 36.0 Å². The predicted octanol–water partition coefficient (Wildman–Crippen LogP) is 8.47. The third-order valence-corrected chi connectivity index (χ3v) is 6.36. The van der Waals surface area contributed by atoms with E-state index in [9.17, 15) is 0 Å². The van der Waals surface area contributed by atoms with Gasteiger partial charge in [0.05, 0.1) is 0 Å². The summed E-state index contributed by atoms with van der Waals surface area (Å²) >= 11 is 0. The highest BCUT2D eigenvalue weighted by Gasteiger charge is 2.05. The summed E-state index contributed by atoms with van der Waals surface area (Å²) in [7, 11) is 0. The standard InChI is InChI=1S/C29H34N2O2/c30-20-22-12-14-28-24(16-22)18-26(32-28)10-8-6-4-2-1-3-5-7-9-11-27-19-25-17-23(21-31)13-15-29(25)33-27/h12-21,30-31H,1-11H2. The lowest BCUT2D eigenvalue weighted by Crippen LogP contribution is -1.86. The number of hydrogen-bond donors (Lipinski definition) is 2. The maximum absolute atomic E-state index is 7.37. The zero-order valence-electron chi connectivity index (χ0n) is 19.4. The molecule has 4 heteroatoms. The van der Waals surface area contributed by atoms with Gasteiger partial charge in [-0.2, -0.15) is 0 Å². The van der Waals surface area contributed by atoms with Crippen molar-refractivity contribution in [3.63, 3.8) is 0 Å². The lowest BCUT2D eigenvalue weighted by atomic mass is 10.0. The van der Waals surface area contributed by atoms with E-state index in [0.29, 0.717) is 0 Å². The highest BCUT2D eigenvalue weighted by molar-refractivity contribution is 5.88. The molecule has 0 unspecified atom stereocenters. The van der Waals surface area contributed by atoms with Crippen LogP contribution in [0.15, 0.2) is 57.4 Å². The Morgan fingerprint density at radius 3 is 1.30 bits per heavy atom. The van der Waals surface area contributed by atoms with Crippen LogP contribution in [0.5, 0.6) is 0 Å². The fourth-order valence-corrected chi connectivity index (χ4v) is 4.50. The van der Waals surface area contributed by atoms with Crippen molar-refractivity contribution in [3.05, 3.63) is 71.2 Å². The fraction of sp³-hybridized carbons (Fsp3) is 0.379. The van der Waals surface area contributed by atoms with Crippen molar-refractivity contribution in [1.29, 1.82) is 10.8 Å². The molecule has 33 heavy (non-hydrogen) atoms. The number of nitrogens with one attached hydrogen (secondary N) is 2. The molecule has 0 amide bonds. The smallest absolute Gasteiger partial charge is 0.134 e. The van der Waals surface area contributed by atoms with Crippen molar-refractivity contribution in [2.75, 3.05) is 0 Å². The molecular weight excluding hydrogens is 408 g/mol. The highest BCUT2D eigenvalue weighted by Crippen LogP contribution is 2.23. The van der Waals surface area contributed by atoms with Crippen molar-refractivity contribution in [1.82, 2.24) is 0 Å². The normalized spacial score (nSPS) is 11.4. The van der Waals surface area contributed by atoms with E-state index in [1.54, 1.807) is 0 Å². The Bertz CT molecular complexity index is 1110. The van der Waals surface area contributed by atoms with Crippen LogP contribution in [-0.4, -0.2) is 12.4 Å². The summed E-state index contributed by atoms with van der Waals surface area (Å²) in [4.78, 5) is 0. The van der Waals surface area contributed by atoms with Gasteiger partial charge in [-0.15, -0.1) is 0 Å². The van der Waals surface area contributed by atoms with E-state index >= 15 is 0 Å². The Morgan fingerprint density at radius 1 is 0.515 bits per heavy atom. The largest absolute Gasteiger partial charge is 0.461 e. The van der Waals surface area contributed by atoms with Gasteiger partial charge in [-0.1, -0.05) is 44.9 Å². The Labute approximate surface area is 196 Å². The number of hydrogen-bond acceptors (Lipinski definition) is 4. The Balaban J connectivity index is 1.03.